The standard InChI is InChI=1S/C17H24N4/c1-4-10-18-17-9-8-15(11-19-17)12-21(3)13-16-7-5-6-14(2)20-16/h5-9,11H,4,10,12-13H2,1-3H3,(H,18,19). The predicted molar refractivity (Wildman–Crippen MR) is 87.2 cm³/mol. The van der Waals surface area contributed by atoms with Gasteiger partial charge in [-0.1, -0.05) is 19.1 Å². The number of hydrogen-bond acceptors (Lipinski definition) is 4. The molecule has 1 N–H and O–H groups in total. The highest BCUT2D eigenvalue weighted by molar-refractivity contribution is 5.35. The highest BCUT2D eigenvalue weighted by Gasteiger charge is 2.04. The summed E-state index contributed by atoms with van der Waals surface area (Å²) in [6.07, 6.45) is 3.05. The monoisotopic (exact) mass is 284 g/mol. The van der Waals surface area contributed by atoms with E-state index in [1.165, 1.54) is 5.56 Å². The molecule has 0 atom stereocenters. The summed E-state index contributed by atoms with van der Waals surface area (Å²) in [5, 5.41) is 3.29. The van der Waals surface area contributed by atoms with Crippen molar-refractivity contribution in [2.24, 2.45) is 0 Å². The molecule has 0 saturated carbocycles. The molecule has 0 aliphatic heterocycles. The van der Waals surface area contributed by atoms with Crippen molar-refractivity contribution in [2.75, 3.05) is 18.9 Å². The Hall–Kier alpha value is -1.94. The fourth-order valence-corrected chi connectivity index (χ4v) is 2.21. The highest BCUT2D eigenvalue weighted by Crippen LogP contribution is 2.09. The van der Waals surface area contributed by atoms with Gasteiger partial charge in [0, 0.05) is 31.5 Å². The summed E-state index contributed by atoms with van der Waals surface area (Å²) in [5.74, 6) is 0.948. The number of nitrogens with zero attached hydrogens (tertiary/aromatic N) is 3. The van der Waals surface area contributed by atoms with Gasteiger partial charge in [0.2, 0.25) is 0 Å². The van der Waals surface area contributed by atoms with Gasteiger partial charge in [0.05, 0.1) is 5.69 Å². The number of pyridine rings is 2. The Morgan fingerprint density at radius 3 is 2.67 bits per heavy atom. The van der Waals surface area contributed by atoms with Gasteiger partial charge in [0.25, 0.3) is 0 Å². The normalized spacial score (nSPS) is 10.9. The van der Waals surface area contributed by atoms with Crippen LogP contribution < -0.4 is 5.32 Å². The minimum Gasteiger partial charge on any atom is -0.370 e. The summed E-state index contributed by atoms with van der Waals surface area (Å²) in [6.45, 7) is 6.85. The van der Waals surface area contributed by atoms with Crippen LogP contribution in [0.25, 0.3) is 0 Å². The van der Waals surface area contributed by atoms with Crippen molar-refractivity contribution in [2.45, 2.75) is 33.4 Å². The van der Waals surface area contributed by atoms with E-state index in [2.05, 4.69) is 52.4 Å². The molecule has 0 aliphatic carbocycles. The van der Waals surface area contributed by atoms with E-state index in [0.717, 1.165) is 43.3 Å². The van der Waals surface area contributed by atoms with E-state index in [0.29, 0.717) is 0 Å². The summed E-state index contributed by atoms with van der Waals surface area (Å²) in [4.78, 5) is 11.2. The molecule has 4 heteroatoms. The van der Waals surface area contributed by atoms with Crippen molar-refractivity contribution in [3.05, 3.63) is 53.5 Å². The van der Waals surface area contributed by atoms with Crippen molar-refractivity contribution in [3.63, 3.8) is 0 Å². The second-order valence-electron chi connectivity index (χ2n) is 5.42. The van der Waals surface area contributed by atoms with Crippen molar-refractivity contribution < 1.29 is 0 Å². The van der Waals surface area contributed by atoms with Crippen molar-refractivity contribution in [3.8, 4) is 0 Å². The lowest BCUT2D eigenvalue weighted by Gasteiger charge is -2.16. The van der Waals surface area contributed by atoms with Gasteiger partial charge in [-0.05, 0) is 44.2 Å². The summed E-state index contributed by atoms with van der Waals surface area (Å²) >= 11 is 0. The minimum atomic E-state index is 0.845. The van der Waals surface area contributed by atoms with E-state index in [-0.39, 0.29) is 0 Å². The molecule has 21 heavy (non-hydrogen) atoms. The van der Waals surface area contributed by atoms with Gasteiger partial charge in [-0.25, -0.2) is 4.98 Å². The van der Waals surface area contributed by atoms with Gasteiger partial charge in [-0.15, -0.1) is 0 Å². The number of rotatable bonds is 7. The zero-order valence-electron chi connectivity index (χ0n) is 13.1. The quantitative estimate of drug-likeness (QED) is 0.847. The van der Waals surface area contributed by atoms with Gasteiger partial charge in [0.15, 0.2) is 0 Å². The molecule has 2 aromatic rings. The van der Waals surface area contributed by atoms with E-state index in [1.54, 1.807) is 0 Å². The Balaban J connectivity index is 1.88. The third kappa shape index (κ3) is 5.16. The Labute approximate surface area is 127 Å². The maximum Gasteiger partial charge on any atom is 0.125 e. The lowest BCUT2D eigenvalue weighted by molar-refractivity contribution is 0.314. The SMILES string of the molecule is CCCNc1ccc(CN(C)Cc2cccc(C)n2)cn1. The van der Waals surface area contributed by atoms with Crippen LogP contribution in [0, 0.1) is 6.92 Å². The summed E-state index contributed by atoms with van der Waals surface area (Å²) < 4.78 is 0. The molecule has 2 heterocycles. The van der Waals surface area contributed by atoms with Crippen LogP contribution in [-0.4, -0.2) is 28.5 Å². The van der Waals surface area contributed by atoms with Crippen LogP contribution in [0.2, 0.25) is 0 Å². The first-order chi connectivity index (χ1) is 10.2. The first-order valence-corrected chi connectivity index (χ1v) is 7.47. The molecule has 0 bridgehead atoms. The summed E-state index contributed by atoms with van der Waals surface area (Å²) in [7, 11) is 2.10. The lowest BCUT2D eigenvalue weighted by Crippen LogP contribution is -2.18. The van der Waals surface area contributed by atoms with E-state index >= 15 is 0 Å². The van der Waals surface area contributed by atoms with Gasteiger partial charge < -0.3 is 5.32 Å². The van der Waals surface area contributed by atoms with E-state index in [4.69, 9.17) is 0 Å². The predicted octanol–water partition coefficient (Wildman–Crippen LogP) is 3.24. The molecule has 0 amide bonds. The molecule has 0 saturated heterocycles. The van der Waals surface area contributed by atoms with Gasteiger partial charge in [-0.2, -0.15) is 0 Å². The van der Waals surface area contributed by atoms with Crippen LogP contribution in [0.4, 0.5) is 5.82 Å². The third-order valence-corrected chi connectivity index (χ3v) is 3.21. The number of anilines is 1. The van der Waals surface area contributed by atoms with Gasteiger partial charge >= 0.3 is 0 Å². The van der Waals surface area contributed by atoms with E-state index in [9.17, 15) is 0 Å². The average Bonchev–Trinajstić information content (AvgIpc) is 2.46. The summed E-state index contributed by atoms with van der Waals surface area (Å²) in [5.41, 5.74) is 3.38. The van der Waals surface area contributed by atoms with Gasteiger partial charge in [-0.3, -0.25) is 9.88 Å². The van der Waals surface area contributed by atoms with Gasteiger partial charge in [0.1, 0.15) is 5.82 Å². The van der Waals surface area contributed by atoms with Crippen LogP contribution in [0.5, 0.6) is 0 Å². The number of nitrogens with one attached hydrogen (secondary N) is 1. The molecule has 4 nitrogen and oxygen atoms in total. The van der Waals surface area contributed by atoms with E-state index in [1.807, 2.05) is 25.3 Å². The van der Waals surface area contributed by atoms with Crippen LogP contribution in [0.3, 0.4) is 0 Å². The molecule has 0 aliphatic rings. The van der Waals surface area contributed by atoms with Crippen molar-refractivity contribution in [1.82, 2.24) is 14.9 Å². The second-order valence-corrected chi connectivity index (χ2v) is 5.42. The second kappa shape index (κ2) is 7.74. The Bertz CT molecular complexity index is 551. The Morgan fingerprint density at radius 1 is 1.14 bits per heavy atom. The summed E-state index contributed by atoms with van der Waals surface area (Å²) in [6, 6.07) is 10.3. The molecule has 112 valence electrons. The maximum atomic E-state index is 4.54. The molecule has 2 aromatic heterocycles. The van der Waals surface area contributed by atoms with E-state index < -0.39 is 0 Å². The molecular formula is C17H24N4. The van der Waals surface area contributed by atoms with Crippen molar-refractivity contribution in [1.29, 1.82) is 0 Å². The average molecular weight is 284 g/mol. The topological polar surface area (TPSA) is 41.0 Å². The number of hydrogen-bond donors (Lipinski definition) is 1. The van der Waals surface area contributed by atoms with Crippen molar-refractivity contribution >= 4 is 5.82 Å². The first kappa shape index (κ1) is 15.4. The largest absolute Gasteiger partial charge is 0.370 e. The molecule has 0 unspecified atom stereocenters. The molecular weight excluding hydrogens is 260 g/mol. The maximum absolute atomic E-state index is 4.54. The fourth-order valence-electron chi connectivity index (χ4n) is 2.21. The number of aromatic nitrogens is 2. The highest BCUT2D eigenvalue weighted by atomic mass is 15.1. The van der Waals surface area contributed by atoms with Crippen LogP contribution in [0.15, 0.2) is 36.5 Å². The fraction of sp³-hybridized carbons (Fsp3) is 0.412. The smallest absolute Gasteiger partial charge is 0.125 e. The zero-order chi connectivity index (χ0) is 15.1. The third-order valence-electron chi connectivity index (χ3n) is 3.21. The Morgan fingerprint density at radius 2 is 2.00 bits per heavy atom. The number of aryl methyl sites for hydroxylation is 1. The Kier molecular flexibility index (Phi) is 5.69. The molecule has 2 rings (SSSR count). The molecule has 0 radical (unpaired) electrons. The lowest BCUT2D eigenvalue weighted by atomic mass is 10.2. The minimum absolute atomic E-state index is 0.845. The van der Waals surface area contributed by atoms with Crippen LogP contribution >= 0.6 is 0 Å². The van der Waals surface area contributed by atoms with Crippen LogP contribution in [0.1, 0.15) is 30.3 Å². The molecule has 0 aromatic carbocycles. The first-order valence-electron chi connectivity index (χ1n) is 7.47. The zero-order valence-corrected chi connectivity index (χ0v) is 13.1. The van der Waals surface area contributed by atoms with Crippen LogP contribution in [-0.2, 0) is 13.1 Å². The molecule has 0 fully saturated rings. The molecule has 0 spiro atoms.